The maximum Gasteiger partial charge on any atom is 0.271 e. The van der Waals surface area contributed by atoms with Crippen LogP contribution in [0.2, 0.25) is 0 Å². The highest BCUT2D eigenvalue weighted by atomic mass is 16.6. The fourth-order valence-electron chi connectivity index (χ4n) is 2.83. The second-order valence-corrected chi connectivity index (χ2v) is 5.48. The van der Waals surface area contributed by atoms with Gasteiger partial charge in [-0.15, -0.1) is 0 Å². The molecule has 4 nitrogen and oxygen atoms in total. The predicted octanol–water partition coefficient (Wildman–Crippen LogP) is 4.29. The van der Waals surface area contributed by atoms with Gasteiger partial charge in [0.15, 0.2) is 0 Å². The fourth-order valence-corrected chi connectivity index (χ4v) is 2.83. The third kappa shape index (κ3) is 3.94. The van der Waals surface area contributed by atoms with Crippen LogP contribution in [0.4, 0.5) is 11.4 Å². The van der Waals surface area contributed by atoms with Crippen LogP contribution in [-0.2, 0) is 0 Å². The van der Waals surface area contributed by atoms with Crippen LogP contribution >= 0.6 is 0 Å². The summed E-state index contributed by atoms with van der Waals surface area (Å²) < 4.78 is 0. The molecular weight excluding hydrogens is 240 g/mol. The second kappa shape index (κ2) is 6.55. The lowest BCUT2D eigenvalue weighted by atomic mass is 10.0. The van der Waals surface area contributed by atoms with Crippen molar-refractivity contribution in [1.29, 1.82) is 0 Å². The zero-order chi connectivity index (χ0) is 13.7. The smallest absolute Gasteiger partial charge is 0.271 e. The molecule has 1 aliphatic rings. The van der Waals surface area contributed by atoms with Crippen LogP contribution < -0.4 is 5.32 Å². The zero-order valence-electron chi connectivity index (χ0n) is 11.5. The summed E-state index contributed by atoms with van der Waals surface area (Å²) in [5, 5.41) is 14.1. The summed E-state index contributed by atoms with van der Waals surface area (Å²) in [6.45, 7) is 2.88. The van der Waals surface area contributed by atoms with Crippen LogP contribution in [-0.4, -0.2) is 11.5 Å². The first-order valence-electron chi connectivity index (χ1n) is 7.16. The number of nitrogens with one attached hydrogen (secondary N) is 1. The van der Waals surface area contributed by atoms with E-state index in [4.69, 9.17) is 0 Å². The minimum atomic E-state index is -0.344. The van der Waals surface area contributed by atoms with Crippen LogP contribution in [0.5, 0.6) is 0 Å². The van der Waals surface area contributed by atoms with E-state index in [2.05, 4.69) is 5.32 Å². The Labute approximate surface area is 114 Å². The molecule has 1 saturated carbocycles. The molecule has 4 heteroatoms. The van der Waals surface area contributed by atoms with E-state index in [0.29, 0.717) is 0 Å². The summed E-state index contributed by atoms with van der Waals surface area (Å²) in [4.78, 5) is 10.4. The SMILES string of the molecule is Cc1ccc([N+](=O)[O-])cc1NCCCC1CCCC1. The Bertz CT molecular complexity index is 440. The van der Waals surface area contributed by atoms with E-state index >= 15 is 0 Å². The molecule has 1 aliphatic carbocycles. The molecule has 0 heterocycles. The zero-order valence-corrected chi connectivity index (χ0v) is 11.5. The molecule has 0 atom stereocenters. The molecule has 0 unspecified atom stereocenters. The van der Waals surface area contributed by atoms with Gasteiger partial charge in [-0.1, -0.05) is 31.7 Å². The number of nitro groups is 1. The van der Waals surface area contributed by atoms with E-state index in [9.17, 15) is 10.1 Å². The highest BCUT2D eigenvalue weighted by Gasteiger charge is 2.14. The van der Waals surface area contributed by atoms with Gasteiger partial charge in [0, 0.05) is 24.4 Å². The van der Waals surface area contributed by atoms with Gasteiger partial charge in [0.05, 0.1) is 4.92 Å². The Kier molecular flexibility index (Phi) is 4.77. The van der Waals surface area contributed by atoms with E-state index in [0.717, 1.165) is 30.1 Å². The molecule has 0 aromatic heterocycles. The Hall–Kier alpha value is -1.58. The third-order valence-corrected chi connectivity index (χ3v) is 4.01. The van der Waals surface area contributed by atoms with Crippen molar-refractivity contribution >= 4 is 11.4 Å². The van der Waals surface area contributed by atoms with E-state index in [1.807, 2.05) is 6.92 Å². The van der Waals surface area contributed by atoms with E-state index in [1.165, 1.54) is 32.1 Å². The van der Waals surface area contributed by atoms with Crippen LogP contribution in [0.3, 0.4) is 0 Å². The van der Waals surface area contributed by atoms with Crippen molar-refractivity contribution in [2.45, 2.75) is 45.4 Å². The molecule has 1 N–H and O–H groups in total. The molecule has 0 amide bonds. The van der Waals surface area contributed by atoms with Gasteiger partial charge in [-0.25, -0.2) is 0 Å². The molecule has 0 saturated heterocycles. The van der Waals surface area contributed by atoms with Crippen molar-refractivity contribution in [3.05, 3.63) is 33.9 Å². The maximum absolute atomic E-state index is 10.7. The summed E-state index contributed by atoms with van der Waals surface area (Å²) in [6, 6.07) is 4.99. The van der Waals surface area contributed by atoms with Gasteiger partial charge in [-0.2, -0.15) is 0 Å². The largest absolute Gasteiger partial charge is 0.385 e. The Morgan fingerprint density at radius 2 is 2.11 bits per heavy atom. The number of non-ortho nitro benzene ring substituents is 1. The monoisotopic (exact) mass is 262 g/mol. The highest BCUT2D eigenvalue weighted by molar-refractivity contribution is 5.56. The quantitative estimate of drug-likeness (QED) is 0.473. The Morgan fingerprint density at radius 3 is 2.79 bits per heavy atom. The first-order chi connectivity index (χ1) is 9.16. The third-order valence-electron chi connectivity index (χ3n) is 4.01. The molecule has 1 aromatic rings. The average Bonchev–Trinajstić information content (AvgIpc) is 2.89. The van der Waals surface area contributed by atoms with Gasteiger partial charge in [-0.3, -0.25) is 10.1 Å². The van der Waals surface area contributed by atoms with Crippen molar-refractivity contribution in [2.24, 2.45) is 5.92 Å². The minimum Gasteiger partial charge on any atom is -0.385 e. The molecule has 0 radical (unpaired) electrons. The van der Waals surface area contributed by atoms with Crippen molar-refractivity contribution in [1.82, 2.24) is 0 Å². The molecule has 1 fully saturated rings. The summed E-state index contributed by atoms with van der Waals surface area (Å²) >= 11 is 0. The molecule has 104 valence electrons. The van der Waals surface area contributed by atoms with E-state index in [1.54, 1.807) is 18.2 Å². The second-order valence-electron chi connectivity index (χ2n) is 5.48. The molecule has 2 rings (SSSR count). The van der Waals surface area contributed by atoms with Crippen LogP contribution in [0.15, 0.2) is 18.2 Å². The first-order valence-corrected chi connectivity index (χ1v) is 7.16. The number of benzene rings is 1. The van der Waals surface area contributed by atoms with Crippen LogP contribution in [0.25, 0.3) is 0 Å². The number of hydrogen-bond donors (Lipinski definition) is 1. The average molecular weight is 262 g/mol. The molecule has 0 aliphatic heterocycles. The molecular formula is C15H22N2O2. The molecule has 0 bridgehead atoms. The summed E-state index contributed by atoms with van der Waals surface area (Å²) in [6.07, 6.45) is 7.98. The number of rotatable bonds is 6. The van der Waals surface area contributed by atoms with Gasteiger partial charge in [-0.05, 0) is 31.2 Å². The maximum atomic E-state index is 10.7. The number of anilines is 1. The molecule has 19 heavy (non-hydrogen) atoms. The molecule has 0 spiro atoms. The number of nitro benzene ring substituents is 1. The van der Waals surface area contributed by atoms with Gasteiger partial charge in [0.2, 0.25) is 0 Å². The highest BCUT2D eigenvalue weighted by Crippen LogP contribution is 2.28. The Balaban J connectivity index is 1.81. The minimum absolute atomic E-state index is 0.156. The normalized spacial score (nSPS) is 15.6. The summed E-state index contributed by atoms with van der Waals surface area (Å²) in [5.74, 6) is 0.910. The standard InChI is InChI=1S/C15H22N2O2/c1-12-8-9-14(17(18)19)11-15(12)16-10-4-7-13-5-2-3-6-13/h8-9,11,13,16H,2-7,10H2,1H3. The number of aryl methyl sites for hydroxylation is 1. The van der Waals surface area contributed by atoms with Gasteiger partial charge < -0.3 is 5.32 Å². The van der Waals surface area contributed by atoms with Gasteiger partial charge >= 0.3 is 0 Å². The predicted molar refractivity (Wildman–Crippen MR) is 77.5 cm³/mol. The summed E-state index contributed by atoms with van der Waals surface area (Å²) in [5.41, 5.74) is 2.11. The van der Waals surface area contributed by atoms with Gasteiger partial charge in [0.1, 0.15) is 0 Å². The van der Waals surface area contributed by atoms with Crippen molar-refractivity contribution in [3.8, 4) is 0 Å². The molecule has 1 aromatic carbocycles. The Morgan fingerprint density at radius 1 is 1.37 bits per heavy atom. The van der Waals surface area contributed by atoms with Crippen LogP contribution in [0.1, 0.15) is 44.1 Å². The lowest BCUT2D eigenvalue weighted by molar-refractivity contribution is -0.384. The van der Waals surface area contributed by atoms with Crippen molar-refractivity contribution in [2.75, 3.05) is 11.9 Å². The lowest BCUT2D eigenvalue weighted by Crippen LogP contribution is -2.05. The number of nitrogens with zero attached hydrogens (tertiary/aromatic N) is 1. The van der Waals surface area contributed by atoms with E-state index in [-0.39, 0.29) is 10.6 Å². The number of hydrogen-bond acceptors (Lipinski definition) is 3. The topological polar surface area (TPSA) is 55.2 Å². The van der Waals surface area contributed by atoms with E-state index < -0.39 is 0 Å². The van der Waals surface area contributed by atoms with Crippen LogP contribution in [0, 0.1) is 23.0 Å². The first kappa shape index (κ1) is 13.8. The lowest BCUT2D eigenvalue weighted by Gasteiger charge is -2.11. The van der Waals surface area contributed by atoms with Gasteiger partial charge in [0.25, 0.3) is 5.69 Å². The summed E-state index contributed by atoms with van der Waals surface area (Å²) in [7, 11) is 0. The fraction of sp³-hybridized carbons (Fsp3) is 0.600. The van der Waals surface area contributed by atoms with Crippen molar-refractivity contribution < 1.29 is 4.92 Å². The van der Waals surface area contributed by atoms with Crippen molar-refractivity contribution in [3.63, 3.8) is 0 Å².